The van der Waals surface area contributed by atoms with Crippen LogP contribution >= 0.6 is 11.6 Å². The molecule has 0 saturated carbocycles. The Balaban J connectivity index is 2.01. The number of nitrogens with zero attached hydrogens (tertiary/aromatic N) is 3. The van der Waals surface area contributed by atoms with Gasteiger partial charge in [-0.25, -0.2) is 4.98 Å². The molecule has 0 saturated heterocycles. The van der Waals surface area contributed by atoms with Crippen molar-refractivity contribution in [3.05, 3.63) is 53.7 Å². The maximum absolute atomic E-state index is 9.67. The summed E-state index contributed by atoms with van der Waals surface area (Å²) >= 11 is 6.14. The summed E-state index contributed by atoms with van der Waals surface area (Å²) in [5.41, 5.74) is 2.04. The van der Waals surface area contributed by atoms with Gasteiger partial charge < -0.3 is 20.5 Å². The Hall–Kier alpha value is -2.90. The van der Waals surface area contributed by atoms with Crippen molar-refractivity contribution < 1.29 is 9.84 Å². The number of methoxy groups -OCH3 is 1. The third-order valence-corrected chi connectivity index (χ3v) is 4.63. The molecule has 1 aromatic carbocycles. The second kappa shape index (κ2) is 9.54. The number of anilines is 3. The van der Waals surface area contributed by atoms with E-state index in [1.54, 1.807) is 37.6 Å². The van der Waals surface area contributed by atoms with Gasteiger partial charge in [0.15, 0.2) is 0 Å². The number of hydrogen-bond donors (Lipinski definition) is 3. The van der Waals surface area contributed by atoms with Gasteiger partial charge in [0.2, 0.25) is 5.95 Å². The molecular weight excluding hydrogens is 390 g/mol. The van der Waals surface area contributed by atoms with Crippen LogP contribution in [0.3, 0.4) is 0 Å². The minimum absolute atomic E-state index is 0.0281. The molecule has 29 heavy (non-hydrogen) atoms. The molecule has 0 aliphatic heterocycles. The molecule has 0 amide bonds. The van der Waals surface area contributed by atoms with Crippen molar-refractivity contribution in [3.63, 3.8) is 0 Å². The van der Waals surface area contributed by atoms with E-state index < -0.39 is 0 Å². The average molecular weight is 414 g/mol. The standard InChI is InChI=1S/C21H24ClN5O2/c1-13(2)18(12-28)26-21-25-16(15-6-4-5-9-23-15)11-20(27-21)24-17-10-14(22)7-8-19(17)29-3/h4-11,13,18,28H,12H2,1-3H3,(H2,24,25,26,27)/t18-/m1/s1. The summed E-state index contributed by atoms with van der Waals surface area (Å²) in [6.45, 7) is 4.01. The monoisotopic (exact) mass is 413 g/mol. The fourth-order valence-corrected chi connectivity index (χ4v) is 2.90. The van der Waals surface area contributed by atoms with E-state index in [1.165, 1.54) is 0 Å². The van der Waals surface area contributed by atoms with Crippen LogP contribution in [0.4, 0.5) is 17.5 Å². The SMILES string of the molecule is COc1ccc(Cl)cc1Nc1cc(-c2ccccn2)nc(N[C@H](CO)C(C)C)n1. The Morgan fingerprint density at radius 3 is 2.59 bits per heavy atom. The van der Waals surface area contributed by atoms with Crippen molar-refractivity contribution in [3.8, 4) is 17.1 Å². The first-order chi connectivity index (χ1) is 14.0. The molecule has 1 atom stereocenters. The topological polar surface area (TPSA) is 92.2 Å². The van der Waals surface area contributed by atoms with E-state index in [0.717, 1.165) is 0 Å². The highest BCUT2D eigenvalue weighted by Crippen LogP contribution is 2.31. The molecule has 2 aromatic heterocycles. The van der Waals surface area contributed by atoms with Gasteiger partial charge in [-0.3, -0.25) is 4.98 Å². The number of aliphatic hydroxyl groups excluding tert-OH is 1. The largest absolute Gasteiger partial charge is 0.495 e. The van der Waals surface area contributed by atoms with Crippen molar-refractivity contribution in [2.24, 2.45) is 5.92 Å². The Morgan fingerprint density at radius 1 is 1.10 bits per heavy atom. The Morgan fingerprint density at radius 2 is 1.93 bits per heavy atom. The molecule has 0 aliphatic rings. The average Bonchev–Trinajstić information content (AvgIpc) is 2.72. The van der Waals surface area contributed by atoms with E-state index in [1.807, 2.05) is 32.0 Å². The summed E-state index contributed by atoms with van der Waals surface area (Å²) in [5, 5.41) is 16.7. The van der Waals surface area contributed by atoms with Crippen LogP contribution in [-0.4, -0.2) is 39.8 Å². The number of rotatable bonds is 8. The zero-order valence-corrected chi connectivity index (χ0v) is 17.3. The third kappa shape index (κ3) is 5.34. The van der Waals surface area contributed by atoms with Gasteiger partial charge in [-0.2, -0.15) is 4.98 Å². The summed E-state index contributed by atoms with van der Waals surface area (Å²) < 4.78 is 5.41. The molecule has 0 fully saturated rings. The summed E-state index contributed by atoms with van der Waals surface area (Å²) in [4.78, 5) is 13.5. The van der Waals surface area contributed by atoms with Crippen LogP contribution in [-0.2, 0) is 0 Å². The van der Waals surface area contributed by atoms with Gasteiger partial charge in [0.25, 0.3) is 0 Å². The van der Waals surface area contributed by atoms with Gasteiger partial charge in [0.05, 0.1) is 36.8 Å². The zero-order chi connectivity index (χ0) is 20.8. The Kier molecular flexibility index (Phi) is 6.85. The second-order valence-corrected chi connectivity index (χ2v) is 7.26. The summed E-state index contributed by atoms with van der Waals surface area (Å²) in [6, 6.07) is 12.6. The van der Waals surface area contributed by atoms with Crippen LogP contribution in [0.2, 0.25) is 5.02 Å². The fraction of sp³-hybridized carbons (Fsp3) is 0.286. The smallest absolute Gasteiger partial charge is 0.225 e. The summed E-state index contributed by atoms with van der Waals surface area (Å²) in [5.74, 6) is 1.78. The quantitative estimate of drug-likeness (QED) is 0.504. The van der Waals surface area contributed by atoms with Crippen molar-refractivity contribution in [2.45, 2.75) is 19.9 Å². The minimum atomic E-state index is -0.178. The lowest BCUT2D eigenvalue weighted by atomic mass is 10.1. The van der Waals surface area contributed by atoms with Gasteiger partial charge in [-0.1, -0.05) is 31.5 Å². The van der Waals surface area contributed by atoms with E-state index in [9.17, 15) is 5.11 Å². The highest BCUT2D eigenvalue weighted by molar-refractivity contribution is 6.31. The lowest BCUT2D eigenvalue weighted by Crippen LogP contribution is -2.30. The van der Waals surface area contributed by atoms with E-state index in [-0.39, 0.29) is 18.6 Å². The van der Waals surface area contributed by atoms with Crippen molar-refractivity contribution >= 4 is 29.1 Å². The van der Waals surface area contributed by atoms with Crippen LogP contribution in [0.1, 0.15) is 13.8 Å². The number of aliphatic hydroxyl groups is 1. The zero-order valence-electron chi connectivity index (χ0n) is 16.6. The fourth-order valence-electron chi connectivity index (χ4n) is 2.73. The first kappa shape index (κ1) is 20.8. The maximum Gasteiger partial charge on any atom is 0.225 e. The second-order valence-electron chi connectivity index (χ2n) is 6.82. The molecule has 3 aromatic rings. The lowest BCUT2D eigenvalue weighted by molar-refractivity contribution is 0.248. The highest BCUT2D eigenvalue weighted by atomic mass is 35.5. The molecule has 152 valence electrons. The number of hydrogen-bond acceptors (Lipinski definition) is 7. The number of pyridine rings is 1. The first-order valence-corrected chi connectivity index (χ1v) is 9.66. The van der Waals surface area contributed by atoms with E-state index in [0.29, 0.717) is 39.6 Å². The minimum Gasteiger partial charge on any atom is -0.495 e. The molecule has 0 bridgehead atoms. The number of nitrogens with one attached hydrogen (secondary N) is 2. The number of aromatic nitrogens is 3. The van der Waals surface area contributed by atoms with Crippen LogP contribution in [0.15, 0.2) is 48.7 Å². The highest BCUT2D eigenvalue weighted by Gasteiger charge is 2.16. The van der Waals surface area contributed by atoms with Gasteiger partial charge in [0, 0.05) is 17.3 Å². The number of benzene rings is 1. The molecule has 7 nitrogen and oxygen atoms in total. The number of ether oxygens (including phenoxy) is 1. The van der Waals surface area contributed by atoms with E-state index in [4.69, 9.17) is 16.3 Å². The van der Waals surface area contributed by atoms with Gasteiger partial charge in [0.1, 0.15) is 11.6 Å². The van der Waals surface area contributed by atoms with Crippen LogP contribution in [0, 0.1) is 5.92 Å². The molecular formula is C21H24ClN5O2. The summed E-state index contributed by atoms with van der Waals surface area (Å²) in [7, 11) is 1.59. The molecule has 3 rings (SSSR count). The maximum atomic E-state index is 9.67. The Labute approximate surface area is 175 Å². The van der Waals surface area contributed by atoms with Crippen molar-refractivity contribution in [2.75, 3.05) is 24.4 Å². The molecule has 3 N–H and O–H groups in total. The molecule has 0 radical (unpaired) electrons. The molecule has 8 heteroatoms. The molecule has 0 spiro atoms. The van der Waals surface area contributed by atoms with Crippen molar-refractivity contribution in [1.29, 1.82) is 0 Å². The van der Waals surface area contributed by atoms with Gasteiger partial charge in [-0.05, 0) is 36.2 Å². The van der Waals surface area contributed by atoms with Crippen molar-refractivity contribution in [1.82, 2.24) is 15.0 Å². The lowest BCUT2D eigenvalue weighted by Gasteiger charge is -2.21. The van der Waals surface area contributed by atoms with E-state index in [2.05, 4.69) is 25.6 Å². The van der Waals surface area contributed by atoms with Gasteiger partial charge in [-0.15, -0.1) is 0 Å². The molecule has 0 aliphatic carbocycles. The molecule has 0 unspecified atom stereocenters. The first-order valence-electron chi connectivity index (χ1n) is 9.28. The van der Waals surface area contributed by atoms with Crippen LogP contribution < -0.4 is 15.4 Å². The summed E-state index contributed by atoms with van der Waals surface area (Å²) in [6.07, 6.45) is 1.71. The third-order valence-electron chi connectivity index (χ3n) is 4.39. The van der Waals surface area contributed by atoms with Crippen LogP contribution in [0.5, 0.6) is 5.75 Å². The molecule has 2 heterocycles. The normalized spacial score (nSPS) is 11.9. The predicted molar refractivity (Wildman–Crippen MR) is 116 cm³/mol. The Bertz CT molecular complexity index is 953. The predicted octanol–water partition coefficient (Wildman–Crippen LogP) is 4.37. The van der Waals surface area contributed by atoms with E-state index >= 15 is 0 Å². The van der Waals surface area contributed by atoms with Gasteiger partial charge >= 0.3 is 0 Å². The number of halogens is 1. The van der Waals surface area contributed by atoms with Crippen LogP contribution in [0.25, 0.3) is 11.4 Å².